The Balaban J connectivity index is 1.92. The molecule has 0 bridgehead atoms. The lowest BCUT2D eigenvalue weighted by molar-refractivity contribution is 0.145. The molecule has 0 aromatic carbocycles. The Hall–Kier alpha value is -0.830. The van der Waals surface area contributed by atoms with Crippen LogP contribution in [0.3, 0.4) is 0 Å². The van der Waals surface area contributed by atoms with Gasteiger partial charge in [-0.15, -0.1) is 0 Å². The lowest BCUT2D eigenvalue weighted by Crippen LogP contribution is -2.14. The van der Waals surface area contributed by atoms with Crippen molar-refractivity contribution in [1.29, 1.82) is 0 Å². The molecule has 1 aliphatic rings. The van der Waals surface area contributed by atoms with E-state index < -0.39 is 0 Å². The van der Waals surface area contributed by atoms with Crippen molar-refractivity contribution in [2.24, 2.45) is 11.8 Å². The van der Waals surface area contributed by atoms with E-state index in [1.165, 1.54) is 6.42 Å². The molecule has 0 aliphatic heterocycles. The van der Waals surface area contributed by atoms with Gasteiger partial charge in [0.25, 0.3) is 0 Å². The van der Waals surface area contributed by atoms with Crippen LogP contribution < -0.4 is 0 Å². The predicted octanol–water partition coefficient (Wildman–Crippen LogP) is 2.02. The number of hydrogen-bond acceptors (Lipinski definition) is 2. The molecule has 3 nitrogen and oxygen atoms in total. The number of aliphatic hydroxyl groups is 1. The van der Waals surface area contributed by atoms with Crippen molar-refractivity contribution in [3.63, 3.8) is 0 Å². The summed E-state index contributed by atoms with van der Waals surface area (Å²) in [7, 11) is 0. The van der Waals surface area contributed by atoms with Gasteiger partial charge in [0.1, 0.15) is 0 Å². The third-order valence-electron chi connectivity index (χ3n) is 3.28. The fraction of sp³-hybridized carbons (Fsp3) is 0.750. The summed E-state index contributed by atoms with van der Waals surface area (Å²) < 4.78 is 1.94. The Bertz CT molecular complexity index is 332. The second kappa shape index (κ2) is 3.97. The van der Waals surface area contributed by atoms with Gasteiger partial charge >= 0.3 is 0 Å². The topological polar surface area (TPSA) is 38.0 Å². The molecule has 0 spiro atoms. The zero-order valence-electron chi connectivity index (χ0n) is 9.72. The van der Waals surface area contributed by atoms with Gasteiger partial charge in [-0.2, -0.15) is 5.10 Å². The summed E-state index contributed by atoms with van der Waals surface area (Å²) in [6, 6.07) is 2.41. The normalized spacial score (nSPS) is 27.0. The van der Waals surface area contributed by atoms with Gasteiger partial charge in [-0.1, -0.05) is 6.92 Å². The van der Waals surface area contributed by atoms with E-state index in [0.29, 0.717) is 24.3 Å². The van der Waals surface area contributed by atoms with Crippen molar-refractivity contribution < 1.29 is 5.11 Å². The molecule has 1 heterocycles. The highest BCUT2D eigenvalue weighted by Crippen LogP contribution is 2.41. The third-order valence-corrected chi connectivity index (χ3v) is 3.28. The molecule has 2 rings (SSSR count). The number of nitrogens with zero attached hydrogens (tertiary/aromatic N) is 2. The van der Waals surface area contributed by atoms with Gasteiger partial charge in [0, 0.05) is 18.7 Å². The van der Waals surface area contributed by atoms with E-state index in [9.17, 15) is 5.11 Å². The molecule has 0 radical (unpaired) electrons. The third kappa shape index (κ3) is 2.40. The van der Waals surface area contributed by atoms with E-state index in [2.05, 4.69) is 25.9 Å². The molecule has 1 aromatic heterocycles. The first-order valence-corrected chi connectivity index (χ1v) is 5.80. The molecular formula is C12H20N2O. The average molecular weight is 208 g/mol. The molecular weight excluding hydrogens is 188 g/mol. The van der Waals surface area contributed by atoms with Crippen LogP contribution in [0, 0.1) is 11.8 Å². The minimum atomic E-state index is -0.199. The van der Waals surface area contributed by atoms with Crippen molar-refractivity contribution in [3.8, 4) is 0 Å². The Labute approximate surface area is 91.1 Å². The molecule has 3 unspecified atom stereocenters. The molecule has 1 fully saturated rings. The van der Waals surface area contributed by atoms with Crippen LogP contribution in [0.25, 0.3) is 0 Å². The van der Waals surface area contributed by atoms with E-state index in [0.717, 1.165) is 5.69 Å². The van der Waals surface area contributed by atoms with Crippen LogP contribution in [0.2, 0.25) is 0 Å². The SMILES string of the molecule is CC1CC1C(O)Cc1ccn(C(C)C)n1. The molecule has 3 heteroatoms. The Morgan fingerprint density at radius 1 is 1.60 bits per heavy atom. The summed E-state index contributed by atoms with van der Waals surface area (Å²) in [6.45, 7) is 6.41. The van der Waals surface area contributed by atoms with Gasteiger partial charge in [-0.05, 0) is 38.2 Å². The standard InChI is InChI=1S/C12H20N2O/c1-8(2)14-5-4-10(13-14)7-12(15)11-6-9(11)3/h4-5,8-9,11-12,15H,6-7H2,1-3H3. The minimum Gasteiger partial charge on any atom is -0.392 e. The van der Waals surface area contributed by atoms with Gasteiger partial charge in [0.05, 0.1) is 11.8 Å². The van der Waals surface area contributed by atoms with Crippen LogP contribution in [0.5, 0.6) is 0 Å². The summed E-state index contributed by atoms with van der Waals surface area (Å²) in [5.74, 6) is 1.21. The maximum Gasteiger partial charge on any atom is 0.0650 e. The van der Waals surface area contributed by atoms with Crippen molar-refractivity contribution in [2.75, 3.05) is 0 Å². The lowest BCUT2D eigenvalue weighted by atomic mass is 10.1. The Morgan fingerprint density at radius 3 is 2.73 bits per heavy atom. The van der Waals surface area contributed by atoms with Crippen LogP contribution in [0.1, 0.15) is 38.9 Å². The van der Waals surface area contributed by atoms with Crippen molar-refractivity contribution in [1.82, 2.24) is 9.78 Å². The Kier molecular flexibility index (Phi) is 2.83. The Morgan fingerprint density at radius 2 is 2.27 bits per heavy atom. The maximum absolute atomic E-state index is 9.91. The molecule has 1 N–H and O–H groups in total. The first-order valence-electron chi connectivity index (χ1n) is 5.80. The van der Waals surface area contributed by atoms with Crippen LogP contribution in [0.4, 0.5) is 0 Å². The van der Waals surface area contributed by atoms with Crippen molar-refractivity contribution in [2.45, 2.75) is 45.8 Å². The monoisotopic (exact) mass is 208 g/mol. The predicted molar refractivity (Wildman–Crippen MR) is 59.6 cm³/mol. The maximum atomic E-state index is 9.91. The summed E-state index contributed by atoms with van der Waals surface area (Å²) in [5, 5.41) is 14.4. The van der Waals surface area contributed by atoms with E-state index in [1.807, 2.05) is 16.9 Å². The molecule has 3 atom stereocenters. The highest BCUT2D eigenvalue weighted by molar-refractivity contribution is 5.03. The van der Waals surface area contributed by atoms with Gasteiger partial charge in [0.15, 0.2) is 0 Å². The lowest BCUT2D eigenvalue weighted by Gasteiger charge is -2.08. The van der Waals surface area contributed by atoms with Crippen molar-refractivity contribution in [3.05, 3.63) is 18.0 Å². The highest BCUT2D eigenvalue weighted by atomic mass is 16.3. The molecule has 84 valence electrons. The number of hydrogen-bond donors (Lipinski definition) is 1. The van der Waals surface area contributed by atoms with E-state index >= 15 is 0 Å². The number of aromatic nitrogens is 2. The first-order chi connectivity index (χ1) is 7.08. The molecule has 1 aromatic rings. The fourth-order valence-corrected chi connectivity index (χ4v) is 2.03. The van der Waals surface area contributed by atoms with Gasteiger partial charge < -0.3 is 5.11 Å². The molecule has 0 amide bonds. The first kappa shape index (κ1) is 10.7. The second-order valence-electron chi connectivity index (χ2n) is 5.03. The second-order valence-corrected chi connectivity index (χ2v) is 5.03. The largest absolute Gasteiger partial charge is 0.392 e. The quantitative estimate of drug-likeness (QED) is 0.822. The summed E-state index contributed by atoms with van der Waals surface area (Å²) in [6.07, 6.45) is 3.67. The number of rotatable bonds is 4. The summed E-state index contributed by atoms with van der Waals surface area (Å²) >= 11 is 0. The highest BCUT2D eigenvalue weighted by Gasteiger charge is 2.38. The van der Waals surface area contributed by atoms with Crippen molar-refractivity contribution >= 4 is 0 Å². The fourth-order valence-electron chi connectivity index (χ4n) is 2.03. The molecule has 1 aliphatic carbocycles. The zero-order chi connectivity index (χ0) is 11.0. The van der Waals surface area contributed by atoms with Crippen LogP contribution >= 0.6 is 0 Å². The van der Waals surface area contributed by atoms with Crippen LogP contribution in [-0.2, 0) is 6.42 Å². The molecule has 15 heavy (non-hydrogen) atoms. The van der Waals surface area contributed by atoms with E-state index in [4.69, 9.17) is 0 Å². The summed E-state index contributed by atoms with van der Waals surface area (Å²) in [5.41, 5.74) is 1.01. The van der Waals surface area contributed by atoms with Crippen LogP contribution in [-0.4, -0.2) is 21.0 Å². The van der Waals surface area contributed by atoms with Crippen LogP contribution in [0.15, 0.2) is 12.3 Å². The van der Waals surface area contributed by atoms with E-state index in [-0.39, 0.29) is 6.10 Å². The number of aliphatic hydroxyl groups excluding tert-OH is 1. The van der Waals surface area contributed by atoms with E-state index in [1.54, 1.807) is 0 Å². The van der Waals surface area contributed by atoms with Gasteiger partial charge in [-0.3, -0.25) is 4.68 Å². The zero-order valence-corrected chi connectivity index (χ0v) is 9.72. The minimum absolute atomic E-state index is 0.199. The van der Waals surface area contributed by atoms with Gasteiger partial charge in [0.2, 0.25) is 0 Å². The average Bonchev–Trinajstić information content (AvgIpc) is 2.73. The smallest absolute Gasteiger partial charge is 0.0650 e. The summed E-state index contributed by atoms with van der Waals surface area (Å²) in [4.78, 5) is 0. The molecule has 0 saturated heterocycles. The molecule has 1 saturated carbocycles. The van der Waals surface area contributed by atoms with Gasteiger partial charge in [-0.25, -0.2) is 0 Å².